The van der Waals surface area contributed by atoms with Gasteiger partial charge in [0.25, 0.3) is 5.91 Å². The van der Waals surface area contributed by atoms with Crippen molar-refractivity contribution in [1.82, 2.24) is 9.88 Å². The Morgan fingerprint density at radius 2 is 1.96 bits per heavy atom. The molecule has 0 aliphatic carbocycles. The number of hydrogen-bond donors (Lipinski definition) is 1. The number of ether oxygens (including phenoxy) is 2. The Morgan fingerprint density at radius 3 is 2.64 bits per heavy atom. The number of methoxy groups -OCH3 is 2. The molecule has 0 fully saturated rings. The summed E-state index contributed by atoms with van der Waals surface area (Å²) < 4.78 is 17.8. The van der Waals surface area contributed by atoms with Gasteiger partial charge in [-0.2, -0.15) is 0 Å². The van der Waals surface area contributed by atoms with Crippen molar-refractivity contribution in [2.45, 2.75) is 13.5 Å². The molecule has 0 radical (unpaired) electrons. The highest BCUT2D eigenvalue weighted by Gasteiger charge is 2.18. The topological polar surface area (TPSA) is 65.6 Å². The van der Waals surface area contributed by atoms with E-state index in [1.54, 1.807) is 20.3 Å². The molecule has 0 atom stereocenters. The molecule has 0 aliphatic rings. The summed E-state index contributed by atoms with van der Waals surface area (Å²) in [6.45, 7) is 3.40. The number of amides is 1. The third-order valence-electron chi connectivity index (χ3n) is 4.04. The Morgan fingerprint density at radius 1 is 1.20 bits per heavy atom. The van der Waals surface area contributed by atoms with Crippen molar-refractivity contribution in [1.29, 1.82) is 0 Å². The molecular formula is C19H22N2O4. The molecule has 2 heterocycles. The number of fused-ring (bicyclic) bond motifs is 1. The van der Waals surface area contributed by atoms with Gasteiger partial charge in [0, 0.05) is 32.3 Å². The third-order valence-corrected chi connectivity index (χ3v) is 4.04. The normalized spacial score (nSPS) is 11.0. The van der Waals surface area contributed by atoms with Crippen LogP contribution in [0.15, 0.2) is 40.8 Å². The molecule has 6 nitrogen and oxygen atoms in total. The zero-order valence-electron chi connectivity index (χ0n) is 14.7. The van der Waals surface area contributed by atoms with Crippen molar-refractivity contribution < 1.29 is 18.7 Å². The fraction of sp³-hybridized carbons (Fsp3) is 0.316. The van der Waals surface area contributed by atoms with Gasteiger partial charge in [-0.1, -0.05) is 12.1 Å². The Hall–Kier alpha value is -2.73. The van der Waals surface area contributed by atoms with E-state index in [1.165, 1.54) is 0 Å². The van der Waals surface area contributed by atoms with Crippen LogP contribution in [0.25, 0.3) is 11.1 Å². The molecule has 132 valence electrons. The van der Waals surface area contributed by atoms with Gasteiger partial charge in [0.15, 0.2) is 5.58 Å². The van der Waals surface area contributed by atoms with Crippen LogP contribution >= 0.6 is 0 Å². The molecule has 0 saturated heterocycles. The summed E-state index contributed by atoms with van der Waals surface area (Å²) in [6.07, 6.45) is 0. The van der Waals surface area contributed by atoms with E-state index in [1.807, 2.05) is 41.8 Å². The maximum atomic E-state index is 12.5. The van der Waals surface area contributed by atoms with Crippen molar-refractivity contribution in [2.75, 3.05) is 27.4 Å². The molecule has 2 aromatic heterocycles. The Balaban J connectivity index is 1.92. The minimum Gasteiger partial charge on any atom is -0.497 e. The molecule has 1 aromatic carbocycles. The second-order valence-corrected chi connectivity index (χ2v) is 5.82. The summed E-state index contributed by atoms with van der Waals surface area (Å²) in [5.41, 5.74) is 3.26. The molecule has 1 amide bonds. The number of furan rings is 1. The van der Waals surface area contributed by atoms with E-state index in [0.29, 0.717) is 31.0 Å². The molecule has 6 heteroatoms. The summed E-state index contributed by atoms with van der Waals surface area (Å²) >= 11 is 0. The quantitative estimate of drug-likeness (QED) is 0.671. The summed E-state index contributed by atoms with van der Waals surface area (Å²) in [7, 11) is 3.25. The number of benzene rings is 1. The van der Waals surface area contributed by atoms with E-state index >= 15 is 0 Å². The largest absolute Gasteiger partial charge is 0.497 e. The first-order chi connectivity index (χ1) is 12.1. The third kappa shape index (κ3) is 3.69. The van der Waals surface area contributed by atoms with Crippen molar-refractivity contribution in [2.24, 2.45) is 0 Å². The number of nitrogens with zero attached hydrogens (tertiary/aromatic N) is 1. The second-order valence-electron chi connectivity index (χ2n) is 5.82. The number of hydrogen-bond acceptors (Lipinski definition) is 4. The van der Waals surface area contributed by atoms with Crippen LogP contribution in [0.4, 0.5) is 0 Å². The minimum atomic E-state index is -0.144. The van der Waals surface area contributed by atoms with Gasteiger partial charge in [0.05, 0.1) is 19.2 Å². The number of carbonyl (C=O) groups excluding carboxylic acids is 1. The molecule has 1 N–H and O–H groups in total. The molecule has 0 spiro atoms. The fourth-order valence-corrected chi connectivity index (χ4v) is 2.79. The Bertz CT molecular complexity index is 862. The highest BCUT2D eigenvalue weighted by molar-refractivity contribution is 5.97. The Labute approximate surface area is 146 Å². The number of aromatic nitrogens is 1. The lowest BCUT2D eigenvalue weighted by atomic mass is 10.2. The van der Waals surface area contributed by atoms with E-state index in [0.717, 1.165) is 22.6 Å². The van der Waals surface area contributed by atoms with Crippen molar-refractivity contribution in [3.63, 3.8) is 0 Å². The van der Waals surface area contributed by atoms with Crippen LogP contribution in [-0.2, 0) is 11.3 Å². The zero-order valence-corrected chi connectivity index (χ0v) is 14.7. The van der Waals surface area contributed by atoms with Crippen LogP contribution in [0, 0.1) is 6.92 Å². The maximum Gasteiger partial charge on any atom is 0.268 e. The van der Waals surface area contributed by atoms with Crippen molar-refractivity contribution in [3.8, 4) is 5.75 Å². The SMILES string of the molecule is COCCNC(=O)c1cc2oc(C)cc2n1Cc1ccc(OC)cc1. The summed E-state index contributed by atoms with van der Waals surface area (Å²) in [6, 6.07) is 11.5. The molecule has 0 unspecified atom stereocenters. The number of nitrogens with one attached hydrogen (secondary N) is 1. The van der Waals surface area contributed by atoms with Gasteiger partial charge >= 0.3 is 0 Å². The predicted octanol–water partition coefficient (Wildman–Crippen LogP) is 2.98. The van der Waals surface area contributed by atoms with E-state index in [9.17, 15) is 4.79 Å². The van der Waals surface area contributed by atoms with Crippen molar-refractivity contribution in [3.05, 3.63) is 53.4 Å². The van der Waals surface area contributed by atoms with Gasteiger partial charge < -0.3 is 23.8 Å². The monoisotopic (exact) mass is 342 g/mol. The van der Waals surface area contributed by atoms with Crippen LogP contribution < -0.4 is 10.1 Å². The van der Waals surface area contributed by atoms with Crippen molar-refractivity contribution >= 4 is 17.0 Å². The standard InChI is InChI=1S/C19H22N2O4/c1-13-10-16-18(25-13)11-17(19(22)20-8-9-23-2)21(16)12-14-4-6-15(24-3)7-5-14/h4-7,10-11H,8-9,12H2,1-3H3,(H,20,22). The lowest BCUT2D eigenvalue weighted by Gasteiger charge is -2.11. The molecule has 0 saturated carbocycles. The highest BCUT2D eigenvalue weighted by Crippen LogP contribution is 2.25. The molecule has 0 aliphatic heterocycles. The molecular weight excluding hydrogens is 320 g/mol. The lowest BCUT2D eigenvalue weighted by molar-refractivity contribution is 0.0928. The van der Waals surface area contributed by atoms with E-state index in [4.69, 9.17) is 13.9 Å². The first kappa shape index (κ1) is 17.1. The van der Waals surface area contributed by atoms with Gasteiger partial charge in [0.1, 0.15) is 17.2 Å². The molecule has 3 aromatic rings. The average Bonchev–Trinajstić information content (AvgIpc) is 3.13. The number of aryl methyl sites for hydroxylation is 1. The van der Waals surface area contributed by atoms with Crippen LogP contribution in [0.1, 0.15) is 21.8 Å². The molecule has 25 heavy (non-hydrogen) atoms. The van der Waals surface area contributed by atoms with Gasteiger partial charge in [0.2, 0.25) is 0 Å². The smallest absolute Gasteiger partial charge is 0.268 e. The predicted molar refractivity (Wildman–Crippen MR) is 95.2 cm³/mol. The fourth-order valence-electron chi connectivity index (χ4n) is 2.79. The molecule has 0 bridgehead atoms. The van der Waals surface area contributed by atoms with Crippen LogP contribution in [0.2, 0.25) is 0 Å². The van der Waals surface area contributed by atoms with E-state index in [2.05, 4.69) is 5.32 Å². The van der Waals surface area contributed by atoms with Crippen LogP contribution in [0.3, 0.4) is 0 Å². The van der Waals surface area contributed by atoms with Crippen LogP contribution in [0.5, 0.6) is 5.75 Å². The summed E-state index contributed by atoms with van der Waals surface area (Å²) in [5.74, 6) is 1.48. The number of rotatable bonds is 7. The van der Waals surface area contributed by atoms with Gasteiger partial charge in [-0.3, -0.25) is 4.79 Å². The highest BCUT2D eigenvalue weighted by atomic mass is 16.5. The van der Waals surface area contributed by atoms with E-state index < -0.39 is 0 Å². The summed E-state index contributed by atoms with van der Waals surface area (Å²) in [4.78, 5) is 12.5. The van der Waals surface area contributed by atoms with Gasteiger partial charge in [-0.05, 0) is 24.6 Å². The average molecular weight is 342 g/mol. The zero-order chi connectivity index (χ0) is 17.8. The van der Waals surface area contributed by atoms with E-state index in [-0.39, 0.29) is 5.91 Å². The van der Waals surface area contributed by atoms with Gasteiger partial charge in [-0.25, -0.2) is 0 Å². The van der Waals surface area contributed by atoms with Gasteiger partial charge in [-0.15, -0.1) is 0 Å². The summed E-state index contributed by atoms with van der Waals surface area (Å²) in [5, 5.41) is 2.86. The molecule has 3 rings (SSSR count). The number of carbonyl (C=O) groups is 1. The lowest BCUT2D eigenvalue weighted by Crippen LogP contribution is -2.29. The minimum absolute atomic E-state index is 0.144. The first-order valence-corrected chi connectivity index (χ1v) is 8.12. The second kappa shape index (κ2) is 7.44. The first-order valence-electron chi connectivity index (χ1n) is 8.12. The van der Waals surface area contributed by atoms with Crippen LogP contribution in [-0.4, -0.2) is 37.8 Å². The Kier molecular flexibility index (Phi) is 5.09. The maximum absolute atomic E-state index is 12.5.